The first-order valence-electron chi connectivity index (χ1n) is 36.9. The van der Waals surface area contributed by atoms with Crippen molar-refractivity contribution in [3.8, 4) is 0 Å². The molecule has 0 amide bonds. The molecule has 4 atom stereocenters. The van der Waals surface area contributed by atoms with Gasteiger partial charge in [0.1, 0.15) is 0 Å². The minimum atomic E-state index is 0.258. The van der Waals surface area contributed by atoms with Crippen molar-refractivity contribution in [2.24, 2.45) is 0 Å². The number of unbranched alkanes of at least 4 members (excludes halogenated alkanes) is 4. The van der Waals surface area contributed by atoms with Crippen LogP contribution in [0.3, 0.4) is 0 Å². The highest BCUT2D eigenvalue weighted by Crippen LogP contribution is 2.60. The monoisotopic (exact) mass is 1240 g/mol. The topological polar surface area (TPSA) is 115 Å². The van der Waals surface area contributed by atoms with Crippen LogP contribution in [0, 0.1) is 0 Å². The van der Waals surface area contributed by atoms with E-state index in [1.807, 2.05) is 0 Å². The Balaban J connectivity index is 0.896. The molecule has 10 heterocycles. The summed E-state index contributed by atoms with van der Waals surface area (Å²) in [5.74, 6) is 1.03. The number of H-pyrrole nitrogens is 4. The number of aryl methyl sites for hydroxylation is 4. The molecular weight excluding hydrogens is 1150 g/mol. The molecule has 0 unspecified atom stereocenters. The largest absolute Gasteiger partial charge is 0.355 e. The number of hydrogen-bond acceptors (Lipinski definition) is 4. The Morgan fingerprint density at radius 3 is 0.713 bits per heavy atom. The molecule has 10 aliphatic rings. The third kappa shape index (κ3) is 9.54. The highest BCUT2D eigenvalue weighted by atomic mass is 14.8. The van der Waals surface area contributed by atoms with E-state index < -0.39 is 0 Å². The van der Waals surface area contributed by atoms with Gasteiger partial charge in [-0.25, -0.2) is 19.9 Å². The van der Waals surface area contributed by atoms with Gasteiger partial charge < -0.3 is 19.9 Å². The molecule has 18 rings (SSSR count). The summed E-state index contributed by atoms with van der Waals surface area (Å²) >= 11 is 0. The molecule has 4 aliphatic heterocycles. The maximum atomic E-state index is 5.65. The van der Waals surface area contributed by atoms with Crippen LogP contribution in [-0.4, -0.2) is 39.9 Å². The second kappa shape index (κ2) is 24.0. The maximum Gasteiger partial charge on any atom is 0.0693 e. The zero-order chi connectivity index (χ0) is 64.5. The van der Waals surface area contributed by atoms with E-state index in [9.17, 15) is 0 Å². The lowest BCUT2D eigenvalue weighted by atomic mass is 9.62. The van der Waals surface area contributed by atoms with Gasteiger partial charge in [0.15, 0.2) is 0 Å². The molecule has 20 bridgehead atoms. The van der Waals surface area contributed by atoms with E-state index in [4.69, 9.17) is 19.9 Å². The van der Waals surface area contributed by atoms with Crippen LogP contribution in [-0.2, 0) is 25.7 Å². The first kappa shape index (κ1) is 60.8. The first-order valence-corrected chi connectivity index (χ1v) is 36.9. The molecule has 0 saturated carbocycles. The predicted octanol–water partition coefficient (Wildman–Crippen LogP) is 23.6. The van der Waals surface area contributed by atoms with Crippen LogP contribution in [0.1, 0.15) is 322 Å². The molecule has 0 radical (unpaired) electrons. The summed E-state index contributed by atoms with van der Waals surface area (Å²) in [5, 5.41) is 2.74. The van der Waals surface area contributed by atoms with E-state index in [2.05, 4.69) is 176 Å². The van der Waals surface area contributed by atoms with E-state index >= 15 is 0 Å². The average Bonchev–Trinajstić information content (AvgIpc) is 1.31. The van der Waals surface area contributed by atoms with Gasteiger partial charge >= 0.3 is 0 Å². The number of aromatic nitrogens is 8. The Morgan fingerprint density at radius 1 is 0.287 bits per heavy atom. The van der Waals surface area contributed by atoms with E-state index in [0.29, 0.717) is 0 Å². The van der Waals surface area contributed by atoms with Crippen LogP contribution in [0.4, 0.5) is 0 Å². The number of hydrogen-bond donors (Lipinski definition) is 4. The third-order valence-electron chi connectivity index (χ3n) is 23.8. The van der Waals surface area contributed by atoms with Crippen molar-refractivity contribution >= 4 is 99.5 Å². The fraction of sp³-hybridized carbons (Fsp3) is 0.419. The Bertz CT molecular complexity index is 4420. The quantitative estimate of drug-likeness (QED) is 0.0771. The summed E-state index contributed by atoms with van der Waals surface area (Å²) in [6.45, 7) is 27.8. The van der Waals surface area contributed by atoms with Crippen molar-refractivity contribution in [2.75, 3.05) is 0 Å². The molecular formula is C86H96N8. The fourth-order valence-corrected chi connectivity index (χ4v) is 18.9. The van der Waals surface area contributed by atoms with Gasteiger partial charge in [0.2, 0.25) is 0 Å². The molecule has 2 aromatic carbocycles. The van der Waals surface area contributed by atoms with Crippen LogP contribution < -0.4 is 0 Å². The van der Waals surface area contributed by atoms with Gasteiger partial charge in [-0.1, -0.05) is 105 Å². The second-order valence-electron chi connectivity index (χ2n) is 29.0. The number of aromatic amines is 4. The third-order valence-corrected chi connectivity index (χ3v) is 23.8. The maximum absolute atomic E-state index is 5.65. The van der Waals surface area contributed by atoms with Crippen LogP contribution in [0.15, 0.2) is 72.8 Å². The lowest BCUT2D eigenvalue weighted by Gasteiger charge is -2.41. The summed E-state index contributed by atoms with van der Waals surface area (Å²) < 4.78 is 0. The normalized spacial score (nSPS) is 18.6. The van der Waals surface area contributed by atoms with Gasteiger partial charge in [0.25, 0.3) is 0 Å². The Kier molecular flexibility index (Phi) is 15.5. The molecule has 6 aromatic heterocycles. The smallest absolute Gasteiger partial charge is 0.0693 e. The minimum absolute atomic E-state index is 0.258. The summed E-state index contributed by atoms with van der Waals surface area (Å²) in [7, 11) is 0. The van der Waals surface area contributed by atoms with E-state index in [1.165, 1.54) is 166 Å². The predicted molar refractivity (Wildman–Crippen MR) is 397 cm³/mol. The van der Waals surface area contributed by atoms with Crippen LogP contribution in [0.25, 0.3) is 99.5 Å². The molecule has 8 aromatic rings. The fourth-order valence-electron chi connectivity index (χ4n) is 18.9. The summed E-state index contributed by atoms with van der Waals surface area (Å²) in [4.78, 5) is 39.0. The molecule has 0 saturated heterocycles. The Morgan fingerprint density at radius 2 is 0.500 bits per heavy atom. The van der Waals surface area contributed by atoms with E-state index in [0.717, 1.165) is 174 Å². The van der Waals surface area contributed by atoms with Crippen molar-refractivity contribution in [3.63, 3.8) is 0 Å². The van der Waals surface area contributed by atoms with Gasteiger partial charge in [0.05, 0.1) is 45.6 Å². The highest BCUT2D eigenvalue weighted by Gasteiger charge is 2.44. The molecule has 4 N–H and O–H groups in total. The zero-order valence-electron chi connectivity index (χ0n) is 58.2. The Labute approximate surface area is 556 Å². The van der Waals surface area contributed by atoms with Crippen LogP contribution in [0.5, 0.6) is 0 Å². The SMILES string of the molecule is CCCCC1=C(C)c2cc3[nH]c(cc4nc(cc5[nH]c(cc1n2)c(CC)c5CC)C(CCCC)=C4C)c1c3[C@@H]2CC[C@H]1c1cc3cc4c(cc3cc12)[C@@H]1CC[C@H]4c2c1c1cc3nc(cc4[nH]c(cc5nc(cc2[nH]1)C(C)=C5CCCC)c(CC)c4CC)C(CCCC)=C3C. The zero-order valence-corrected chi connectivity index (χ0v) is 58.2. The molecule has 8 nitrogen and oxygen atoms in total. The average molecular weight is 1240 g/mol. The van der Waals surface area contributed by atoms with Gasteiger partial charge in [-0.3, -0.25) is 0 Å². The van der Waals surface area contributed by atoms with Crippen LogP contribution >= 0.6 is 0 Å². The second-order valence-corrected chi connectivity index (χ2v) is 29.0. The van der Waals surface area contributed by atoms with Crippen molar-refractivity contribution in [3.05, 3.63) is 185 Å². The van der Waals surface area contributed by atoms with Crippen molar-refractivity contribution < 1.29 is 0 Å². The number of allylic oxidation sites excluding steroid dienone is 8. The van der Waals surface area contributed by atoms with Crippen molar-refractivity contribution in [1.82, 2.24) is 39.9 Å². The molecule has 480 valence electrons. The molecule has 0 fully saturated rings. The lowest BCUT2D eigenvalue weighted by Crippen LogP contribution is -2.25. The minimum Gasteiger partial charge on any atom is -0.355 e. The van der Waals surface area contributed by atoms with E-state index in [-0.39, 0.29) is 23.7 Å². The number of fused-ring (bicyclic) bond motifs is 19. The van der Waals surface area contributed by atoms with Crippen LogP contribution in [0.2, 0.25) is 0 Å². The molecule has 8 heteroatoms. The first-order chi connectivity index (χ1) is 45.9. The van der Waals surface area contributed by atoms with Gasteiger partial charge in [-0.05, 0) is 301 Å². The van der Waals surface area contributed by atoms with E-state index in [1.54, 1.807) is 0 Å². The van der Waals surface area contributed by atoms with Gasteiger partial charge in [-0.15, -0.1) is 0 Å². The van der Waals surface area contributed by atoms with Gasteiger partial charge in [-0.2, -0.15) is 0 Å². The highest BCUT2D eigenvalue weighted by molar-refractivity contribution is 5.99. The number of nitrogens with one attached hydrogen (secondary N) is 4. The van der Waals surface area contributed by atoms with Crippen molar-refractivity contribution in [2.45, 2.75) is 235 Å². The van der Waals surface area contributed by atoms with Crippen molar-refractivity contribution in [1.29, 1.82) is 0 Å². The molecule has 0 spiro atoms. The summed E-state index contributed by atoms with van der Waals surface area (Å²) in [5.41, 5.74) is 46.7. The number of benzene rings is 2. The van der Waals surface area contributed by atoms with Gasteiger partial charge in [0, 0.05) is 67.8 Å². The molecule has 94 heavy (non-hydrogen) atoms. The number of nitrogens with zero attached hydrogens (tertiary/aromatic N) is 4. The summed E-state index contributed by atoms with van der Waals surface area (Å²) in [6, 6.07) is 29.9. The summed E-state index contributed by atoms with van der Waals surface area (Å²) in [6.07, 6.45) is 21.6. The molecule has 6 aliphatic carbocycles. The lowest BCUT2D eigenvalue weighted by molar-refractivity contribution is 0.526. The standard InChI is InChI=1S/C86H96N8/c1-13-21-25-55-45(9)67-37-79-83-59-29-30-60(84(83)80(93-79)38-68-46(10)56(26-22-14-2)76(88-68)42-72-52(18-6)51(17-5)71(91-72)41-75(55)87-67)64-34-50-36-66-62-32-31-61(65(66)35-49(50)33-63(59)64)85-81-39-69-47(11)57(27-23-15-3)77(89-69)43-73-53(19-7)54(20-8)74(92-73)44-78-58(28-24-16-4)48(12)70(90-78)40-82(94-81)86(62)85/h33-44,59-62,91-94H,13-32H2,1-12H3/t59-,60+,61+,62-. The Hall–Kier alpha value is -8.10. The number of rotatable bonds is 16.